The third kappa shape index (κ3) is 4.24. The van der Waals surface area contributed by atoms with E-state index in [1.165, 1.54) is 11.3 Å². The van der Waals surface area contributed by atoms with E-state index in [4.69, 9.17) is 21.1 Å². The molecule has 0 saturated carbocycles. The number of ether oxygens (including phenoxy) is 2. The van der Waals surface area contributed by atoms with Crippen molar-refractivity contribution < 1.29 is 14.3 Å². The molecule has 0 atom stereocenters. The molecule has 7 heteroatoms. The van der Waals surface area contributed by atoms with Gasteiger partial charge in [-0.2, -0.15) is 4.99 Å². The molecule has 0 aliphatic heterocycles. The molecule has 0 spiro atoms. The highest BCUT2D eigenvalue weighted by molar-refractivity contribution is 7.16. The van der Waals surface area contributed by atoms with Crippen molar-refractivity contribution in [2.45, 2.75) is 20.4 Å². The van der Waals surface area contributed by atoms with Gasteiger partial charge in [0.2, 0.25) is 0 Å². The molecular weight excluding hydrogens is 384 g/mol. The smallest absolute Gasteiger partial charge is 0.279 e. The fourth-order valence-electron chi connectivity index (χ4n) is 2.82. The second-order valence-electron chi connectivity index (χ2n) is 5.90. The molecule has 0 radical (unpaired) electrons. The average molecular weight is 405 g/mol. The van der Waals surface area contributed by atoms with E-state index in [1.54, 1.807) is 31.4 Å². The normalized spacial score (nSPS) is 11.9. The maximum absolute atomic E-state index is 12.7. The quantitative estimate of drug-likeness (QED) is 0.570. The average Bonchev–Trinajstić information content (AvgIpc) is 3.03. The first kappa shape index (κ1) is 19.6. The number of rotatable bonds is 6. The SMILES string of the molecule is CCOCCn1c(=NC(=O)c2cccc(OC)c2)sc2ccc(Cl)c(C)c21. The summed E-state index contributed by atoms with van der Waals surface area (Å²) >= 11 is 7.78. The molecule has 0 aliphatic carbocycles. The number of hydrogen-bond acceptors (Lipinski definition) is 4. The third-order valence-corrected chi connectivity index (χ3v) is 5.66. The van der Waals surface area contributed by atoms with Gasteiger partial charge >= 0.3 is 0 Å². The molecule has 1 heterocycles. The summed E-state index contributed by atoms with van der Waals surface area (Å²) in [5.41, 5.74) is 2.44. The topological polar surface area (TPSA) is 52.8 Å². The van der Waals surface area contributed by atoms with Gasteiger partial charge in [0.1, 0.15) is 5.75 Å². The maximum atomic E-state index is 12.7. The second kappa shape index (κ2) is 8.69. The van der Waals surface area contributed by atoms with Crippen LogP contribution in [-0.4, -0.2) is 30.8 Å². The summed E-state index contributed by atoms with van der Waals surface area (Å²) in [7, 11) is 1.57. The summed E-state index contributed by atoms with van der Waals surface area (Å²) < 4.78 is 13.7. The molecule has 0 N–H and O–H groups in total. The molecule has 2 aromatic carbocycles. The molecular formula is C20H21ClN2O3S. The lowest BCUT2D eigenvalue weighted by Gasteiger charge is -2.08. The summed E-state index contributed by atoms with van der Waals surface area (Å²) in [4.78, 5) is 17.7. The summed E-state index contributed by atoms with van der Waals surface area (Å²) in [6.07, 6.45) is 0. The number of halogens is 1. The van der Waals surface area contributed by atoms with E-state index in [0.717, 1.165) is 15.8 Å². The fourth-order valence-corrected chi connectivity index (χ4v) is 4.08. The van der Waals surface area contributed by atoms with Crippen LogP contribution in [0.25, 0.3) is 10.2 Å². The van der Waals surface area contributed by atoms with Crippen molar-refractivity contribution in [3.8, 4) is 5.75 Å². The van der Waals surface area contributed by atoms with Crippen molar-refractivity contribution in [3.05, 3.63) is 57.3 Å². The largest absolute Gasteiger partial charge is 0.497 e. The third-order valence-electron chi connectivity index (χ3n) is 4.21. The van der Waals surface area contributed by atoms with Crippen LogP contribution in [0, 0.1) is 6.92 Å². The maximum Gasteiger partial charge on any atom is 0.279 e. The number of benzene rings is 2. The molecule has 0 unspecified atom stereocenters. The highest BCUT2D eigenvalue weighted by Crippen LogP contribution is 2.27. The van der Waals surface area contributed by atoms with E-state index in [9.17, 15) is 4.79 Å². The zero-order valence-corrected chi connectivity index (χ0v) is 17.1. The van der Waals surface area contributed by atoms with Gasteiger partial charge in [0.15, 0.2) is 4.80 Å². The van der Waals surface area contributed by atoms with Crippen LogP contribution in [0.15, 0.2) is 41.4 Å². The van der Waals surface area contributed by atoms with Gasteiger partial charge in [-0.05, 0) is 49.7 Å². The van der Waals surface area contributed by atoms with Crippen LogP contribution in [-0.2, 0) is 11.3 Å². The van der Waals surface area contributed by atoms with E-state index >= 15 is 0 Å². The van der Waals surface area contributed by atoms with Crippen LogP contribution < -0.4 is 9.54 Å². The number of amides is 1. The number of aromatic nitrogens is 1. The highest BCUT2D eigenvalue weighted by Gasteiger charge is 2.13. The molecule has 1 amide bonds. The lowest BCUT2D eigenvalue weighted by Crippen LogP contribution is -2.20. The zero-order chi connectivity index (χ0) is 19.4. The first-order valence-corrected chi connectivity index (χ1v) is 9.84. The van der Waals surface area contributed by atoms with Crippen molar-refractivity contribution in [1.29, 1.82) is 0 Å². The predicted molar refractivity (Wildman–Crippen MR) is 109 cm³/mol. The van der Waals surface area contributed by atoms with Crippen LogP contribution >= 0.6 is 22.9 Å². The minimum absolute atomic E-state index is 0.311. The Bertz CT molecular complexity index is 1040. The summed E-state index contributed by atoms with van der Waals surface area (Å²) in [6.45, 7) is 5.70. The minimum atomic E-state index is -0.311. The second-order valence-corrected chi connectivity index (χ2v) is 7.32. The molecule has 0 fully saturated rings. The number of carbonyl (C=O) groups is 1. The van der Waals surface area contributed by atoms with Crippen LogP contribution in [0.3, 0.4) is 0 Å². The Balaban J connectivity index is 2.11. The summed E-state index contributed by atoms with van der Waals surface area (Å²) in [5, 5.41) is 0.691. The monoisotopic (exact) mass is 404 g/mol. The van der Waals surface area contributed by atoms with Crippen LogP contribution in [0.4, 0.5) is 0 Å². The molecule has 27 heavy (non-hydrogen) atoms. The molecule has 0 saturated heterocycles. The van der Waals surface area contributed by atoms with Crippen molar-refractivity contribution in [1.82, 2.24) is 4.57 Å². The van der Waals surface area contributed by atoms with E-state index in [0.29, 0.717) is 40.9 Å². The zero-order valence-electron chi connectivity index (χ0n) is 15.5. The molecule has 3 aromatic rings. The van der Waals surface area contributed by atoms with Gasteiger partial charge in [-0.3, -0.25) is 4.79 Å². The van der Waals surface area contributed by atoms with Crippen molar-refractivity contribution in [3.63, 3.8) is 0 Å². The molecule has 1 aromatic heterocycles. The number of fused-ring (bicyclic) bond motifs is 1. The summed E-state index contributed by atoms with van der Waals surface area (Å²) in [6, 6.07) is 10.8. The Morgan fingerprint density at radius 2 is 2.11 bits per heavy atom. The summed E-state index contributed by atoms with van der Waals surface area (Å²) in [5.74, 6) is 0.314. The van der Waals surface area contributed by atoms with Gasteiger partial charge in [0, 0.05) is 23.7 Å². The highest BCUT2D eigenvalue weighted by atomic mass is 35.5. The Morgan fingerprint density at radius 1 is 1.30 bits per heavy atom. The van der Waals surface area contributed by atoms with E-state index in [2.05, 4.69) is 4.99 Å². The number of methoxy groups -OCH3 is 1. The van der Waals surface area contributed by atoms with E-state index in [1.807, 2.05) is 30.5 Å². The van der Waals surface area contributed by atoms with Crippen molar-refractivity contribution in [2.24, 2.45) is 4.99 Å². The first-order chi connectivity index (χ1) is 13.0. The van der Waals surface area contributed by atoms with Crippen LogP contribution in [0.1, 0.15) is 22.8 Å². The molecule has 5 nitrogen and oxygen atoms in total. The van der Waals surface area contributed by atoms with Crippen LogP contribution in [0.5, 0.6) is 5.75 Å². The van der Waals surface area contributed by atoms with Crippen molar-refractivity contribution in [2.75, 3.05) is 20.3 Å². The number of nitrogens with zero attached hydrogens (tertiary/aromatic N) is 2. The Hall–Kier alpha value is -2.15. The fraction of sp³-hybridized carbons (Fsp3) is 0.300. The van der Waals surface area contributed by atoms with Gasteiger partial charge in [0.25, 0.3) is 5.91 Å². The lowest BCUT2D eigenvalue weighted by molar-refractivity contribution is 0.0996. The minimum Gasteiger partial charge on any atom is -0.497 e. The van der Waals surface area contributed by atoms with Crippen LogP contribution in [0.2, 0.25) is 5.02 Å². The Morgan fingerprint density at radius 3 is 2.85 bits per heavy atom. The number of hydrogen-bond donors (Lipinski definition) is 0. The first-order valence-electron chi connectivity index (χ1n) is 8.64. The van der Waals surface area contributed by atoms with Gasteiger partial charge < -0.3 is 14.0 Å². The molecule has 0 aliphatic rings. The standard InChI is InChI=1S/C20H21ClN2O3S/c1-4-26-11-10-23-18-13(2)16(21)8-9-17(18)27-20(23)22-19(24)14-6-5-7-15(12-14)25-3/h5-9,12H,4,10-11H2,1-3H3. The van der Waals surface area contributed by atoms with Gasteiger partial charge in [0.05, 0.1) is 23.9 Å². The molecule has 3 rings (SSSR count). The van der Waals surface area contributed by atoms with Crippen molar-refractivity contribution >= 4 is 39.1 Å². The van der Waals surface area contributed by atoms with Gasteiger partial charge in [-0.25, -0.2) is 0 Å². The lowest BCUT2D eigenvalue weighted by atomic mass is 10.2. The van der Waals surface area contributed by atoms with E-state index < -0.39 is 0 Å². The van der Waals surface area contributed by atoms with E-state index in [-0.39, 0.29) is 5.91 Å². The Labute approximate surface area is 166 Å². The van der Waals surface area contributed by atoms with Gasteiger partial charge in [-0.15, -0.1) is 0 Å². The Kier molecular flexibility index (Phi) is 6.31. The number of thiazole rings is 1. The predicted octanol–water partition coefficient (Wildman–Crippen LogP) is 4.45. The van der Waals surface area contributed by atoms with Gasteiger partial charge in [-0.1, -0.05) is 29.0 Å². The number of aryl methyl sites for hydroxylation is 1. The molecule has 142 valence electrons. The molecule has 0 bridgehead atoms. The number of carbonyl (C=O) groups excluding carboxylic acids is 1.